The van der Waals surface area contributed by atoms with Gasteiger partial charge in [0.15, 0.2) is 6.10 Å². The maximum Gasteiger partial charge on any atom is 0.237 e. The summed E-state index contributed by atoms with van der Waals surface area (Å²) < 4.78 is 5.46. The molecule has 1 aromatic heterocycles. The van der Waals surface area contributed by atoms with Crippen molar-refractivity contribution in [2.24, 2.45) is 5.92 Å². The van der Waals surface area contributed by atoms with Crippen LogP contribution in [-0.4, -0.2) is 70.3 Å². The van der Waals surface area contributed by atoms with Crippen molar-refractivity contribution in [1.82, 2.24) is 20.5 Å². The molecular formula is C29H33N5O5. The Morgan fingerprint density at radius 1 is 1.23 bits per heavy atom. The number of nitriles is 1. The number of aliphatic hydroxyl groups excluding tert-OH is 2. The van der Waals surface area contributed by atoms with Gasteiger partial charge in [0.25, 0.3) is 0 Å². The molecule has 0 saturated carbocycles. The Hall–Kier alpha value is -3.91. The van der Waals surface area contributed by atoms with E-state index in [1.807, 2.05) is 54.6 Å². The number of aromatic nitrogens is 1. The first-order valence-corrected chi connectivity index (χ1v) is 13.2. The lowest BCUT2D eigenvalue weighted by Crippen LogP contribution is -2.51. The van der Waals surface area contributed by atoms with E-state index in [4.69, 9.17) is 4.74 Å². The number of rotatable bonds is 9. The number of carbonyl (C=O) groups is 2. The maximum atomic E-state index is 13.7. The van der Waals surface area contributed by atoms with Crippen LogP contribution in [0.1, 0.15) is 42.7 Å². The average Bonchev–Trinajstić information content (AvgIpc) is 3.70. The molecule has 2 aromatic carbocycles. The number of benzene rings is 2. The van der Waals surface area contributed by atoms with Gasteiger partial charge in [-0.25, -0.2) is 0 Å². The smallest absolute Gasteiger partial charge is 0.237 e. The van der Waals surface area contributed by atoms with E-state index in [1.165, 1.54) is 0 Å². The second-order valence-corrected chi connectivity index (χ2v) is 10.3. The quantitative estimate of drug-likeness (QED) is 0.265. The number of aliphatic hydroxyl groups is 2. The zero-order chi connectivity index (χ0) is 27.5. The van der Waals surface area contributed by atoms with Crippen molar-refractivity contribution in [2.75, 3.05) is 20.2 Å². The summed E-state index contributed by atoms with van der Waals surface area (Å²) >= 11 is 0. The van der Waals surface area contributed by atoms with Crippen LogP contribution in [0.4, 0.5) is 0 Å². The molecule has 6 unspecified atom stereocenters. The lowest BCUT2D eigenvalue weighted by atomic mass is 9.94. The number of fused-ring (bicyclic) bond motifs is 1. The molecule has 10 heteroatoms. The summed E-state index contributed by atoms with van der Waals surface area (Å²) in [5.74, 6) is -0.281. The number of hydrogen-bond acceptors (Lipinski definition) is 7. The van der Waals surface area contributed by atoms with Gasteiger partial charge in [0.2, 0.25) is 11.8 Å². The van der Waals surface area contributed by atoms with E-state index in [0.29, 0.717) is 37.4 Å². The second-order valence-electron chi connectivity index (χ2n) is 10.3. The van der Waals surface area contributed by atoms with Crippen LogP contribution in [0.3, 0.4) is 0 Å². The third kappa shape index (κ3) is 5.47. The van der Waals surface area contributed by atoms with Crippen molar-refractivity contribution in [1.29, 1.82) is 5.26 Å². The molecule has 2 aliphatic heterocycles. The molecule has 5 N–H and O–H groups in total. The minimum absolute atomic E-state index is 0.0181. The predicted octanol–water partition coefficient (Wildman–Crippen LogP) is 1.92. The molecule has 0 radical (unpaired) electrons. The molecule has 204 valence electrons. The topological polar surface area (TPSA) is 151 Å². The predicted molar refractivity (Wildman–Crippen MR) is 143 cm³/mol. The van der Waals surface area contributed by atoms with Crippen molar-refractivity contribution in [3.05, 3.63) is 65.9 Å². The summed E-state index contributed by atoms with van der Waals surface area (Å²) in [5, 5.41) is 37.7. The van der Waals surface area contributed by atoms with Crippen LogP contribution in [0.5, 0.6) is 5.75 Å². The van der Waals surface area contributed by atoms with E-state index in [1.54, 1.807) is 18.1 Å². The first-order valence-electron chi connectivity index (χ1n) is 13.2. The Labute approximate surface area is 226 Å². The van der Waals surface area contributed by atoms with Gasteiger partial charge in [0, 0.05) is 29.9 Å². The fraction of sp³-hybridized carbons (Fsp3) is 0.414. The number of hydrogen-bond donors (Lipinski definition) is 5. The minimum Gasteiger partial charge on any atom is -0.496 e. The molecule has 3 heterocycles. The highest BCUT2D eigenvalue weighted by Gasteiger charge is 2.43. The van der Waals surface area contributed by atoms with Crippen LogP contribution in [-0.2, 0) is 9.59 Å². The molecule has 2 saturated heterocycles. The molecule has 0 aliphatic carbocycles. The summed E-state index contributed by atoms with van der Waals surface area (Å²) in [7, 11) is 1.59. The Morgan fingerprint density at radius 3 is 2.72 bits per heavy atom. The van der Waals surface area contributed by atoms with Crippen LogP contribution in [0.15, 0.2) is 54.6 Å². The molecule has 10 nitrogen and oxygen atoms in total. The molecule has 5 rings (SSSR count). The van der Waals surface area contributed by atoms with Crippen LogP contribution in [0.25, 0.3) is 10.9 Å². The first-order chi connectivity index (χ1) is 18.9. The minimum atomic E-state index is -1.46. The summed E-state index contributed by atoms with van der Waals surface area (Å²) in [4.78, 5) is 30.8. The van der Waals surface area contributed by atoms with Gasteiger partial charge in [-0.2, -0.15) is 5.26 Å². The number of H-pyrrole nitrogens is 1. The fourth-order valence-corrected chi connectivity index (χ4v) is 5.81. The van der Waals surface area contributed by atoms with Crippen molar-refractivity contribution < 1.29 is 24.5 Å². The normalized spacial score (nSPS) is 23.6. The van der Waals surface area contributed by atoms with E-state index in [0.717, 1.165) is 16.5 Å². The molecule has 3 aromatic rings. The maximum absolute atomic E-state index is 13.7. The fourth-order valence-electron chi connectivity index (χ4n) is 5.81. The van der Waals surface area contributed by atoms with Crippen molar-refractivity contribution >= 4 is 22.7 Å². The molecule has 6 atom stereocenters. The number of nitrogens with zero attached hydrogens (tertiary/aromatic N) is 2. The van der Waals surface area contributed by atoms with Crippen LogP contribution in [0, 0.1) is 17.2 Å². The van der Waals surface area contributed by atoms with Crippen LogP contribution < -0.4 is 15.4 Å². The summed E-state index contributed by atoms with van der Waals surface area (Å²) in [6, 6.07) is 17.4. The highest BCUT2D eigenvalue weighted by atomic mass is 16.5. The van der Waals surface area contributed by atoms with Gasteiger partial charge in [0.1, 0.15) is 12.0 Å². The Bertz CT molecular complexity index is 1370. The molecule has 2 aliphatic rings. The SMILES string of the molecule is COc1cccc2[nH]c(C(O)N3CC(c4ccccc4)CC3C(=O)NC(CC3CCNC3=O)C(O)C#N)cc12. The van der Waals surface area contributed by atoms with Crippen molar-refractivity contribution in [2.45, 2.75) is 49.6 Å². The summed E-state index contributed by atoms with van der Waals surface area (Å²) in [6.45, 7) is 0.954. The average molecular weight is 532 g/mol. The van der Waals surface area contributed by atoms with E-state index in [2.05, 4.69) is 15.6 Å². The van der Waals surface area contributed by atoms with Gasteiger partial charge in [-0.15, -0.1) is 0 Å². The molecular weight excluding hydrogens is 498 g/mol. The van der Waals surface area contributed by atoms with Gasteiger partial charge in [-0.3, -0.25) is 14.5 Å². The Kier molecular flexibility index (Phi) is 7.84. The monoisotopic (exact) mass is 531 g/mol. The number of ether oxygens (including phenoxy) is 1. The highest BCUT2D eigenvalue weighted by Crippen LogP contribution is 2.38. The zero-order valence-corrected chi connectivity index (χ0v) is 21.7. The second kappa shape index (κ2) is 11.5. The Morgan fingerprint density at radius 2 is 2.03 bits per heavy atom. The number of amides is 2. The number of methoxy groups -OCH3 is 1. The van der Waals surface area contributed by atoms with Gasteiger partial charge in [-0.1, -0.05) is 36.4 Å². The van der Waals surface area contributed by atoms with Crippen molar-refractivity contribution in [3.63, 3.8) is 0 Å². The summed E-state index contributed by atoms with van der Waals surface area (Å²) in [5.41, 5.74) is 2.38. The van der Waals surface area contributed by atoms with Gasteiger partial charge < -0.3 is 30.6 Å². The van der Waals surface area contributed by atoms with E-state index >= 15 is 0 Å². The third-order valence-electron chi connectivity index (χ3n) is 7.91. The van der Waals surface area contributed by atoms with Gasteiger partial charge in [0.05, 0.1) is 31.0 Å². The van der Waals surface area contributed by atoms with Crippen LogP contribution >= 0.6 is 0 Å². The first kappa shape index (κ1) is 26.7. The number of aromatic amines is 1. The molecule has 2 fully saturated rings. The highest BCUT2D eigenvalue weighted by molar-refractivity contribution is 5.87. The lowest BCUT2D eigenvalue weighted by molar-refractivity contribution is -0.132. The van der Waals surface area contributed by atoms with Crippen LogP contribution in [0.2, 0.25) is 0 Å². The van der Waals surface area contributed by atoms with E-state index in [9.17, 15) is 25.1 Å². The molecule has 0 bridgehead atoms. The standard InChI is InChI=1S/C29H33N5O5/c1-39-26-9-5-8-21-20(26)14-23(32-21)29(38)34-16-19(17-6-3-2-4-7-17)13-24(34)28(37)33-22(25(35)15-30)12-18-10-11-31-27(18)36/h2-9,14,18-19,22,24-25,29,32,35,38H,10-13,16H2,1H3,(H,31,36)(H,33,37). The summed E-state index contributed by atoms with van der Waals surface area (Å²) in [6.07, 6.45) is -1.40. The van der Waals surface area contributed by atoms with Gasteiger partial charge in [-0.05, 0) is 48.9 Å². The largest absolute Gasteiger partial charge is 0.496 e. The molecule has 0 spiro atoms. The van der Waals surface area contributed by atoms with Crippen molar-refractivity contribution in [3.8, 4) is 11.8 Å². The lowest BCUT2D eigenvalue weighted by Gasteiger charge is -2.30. The molecule has 39 heavy (non-hydrogen) atoms. The third-order valence-corrected chi connectivity index (χ3v) is 7.91. The number of likely N-dealkylation sites (tertiary alicyclic amines) is 1. The Balaban J connectivity index is 1.42. The number of carbonyl (C=O) groups excluding carboxylic acids is 2. The molecule has 2 amide bonds. The zero-order valence-electron chi connectivity index (χ0n) is 21.7. The number of nitrogens with one attached hydrogen (secondary N) is 3. The van der Waals surface area contributed by atoms with E-state index in [-0.39, 0.29) is 24.2 Å². The van der Waals surface area contributed by atoms with E-state index < -0.39 is 30.3 Å². The van der Waals surface area contributed by atoms with Gasteiger partial charge >= 0.3 is 0 Å².